The number of aromatic nitrogens is 3. The minimum Gasteiger partial charge on any atom is -0.358 e. The summed E-state index contributed by atoms with van der Waals surface area (Å²) in [5.74, 6) is 1.60. The van der Waals surface area contributed by atoms with Crippen LogP contribution in [0.3, 0.4) is 0 Å². The van der Waals surface area contributed by atoms with Crippen molar-refractivity contribution in [3.63, 3.8) is 0 Å². The molecule has 0 saturated heterocycles. The summed E-state index contributed by atoms with van der Waals surface area (Å²) < 4.78 is 2.24. The minimum atomic E-state index is 0.451. The van der Waals surface area contributed by atoms with Crippen LogP contribution in [0.5, 0.6) is 0 Å². The van der Waals surface area contributed by atoms with Crippen molar-refractivity contribution in [1.29, 1.82) is 5.26 Å². The lowest BCUT2D eigenvalue weighted by molar-refractivity contribution is 0.587. The first-order valence-electron chi connectivity index (χ1n) is 7.70. The maximum Gasteiger partial charge on any atom is 0.111 e. The number of H-pyrrole nitrogens is 1. The summed E-state index contributed by atoms with van der Waals surface area (Å²) in [6.45, 7) is 5.32. The number of fused-ring (bicyclic) bond motifs is 1. The van der Waals surface area contributed by atoms with Gasteiger partial charge in [0.15, 0.2) is 0 Å². The van der Waals surface area contributed by atoms with Crippen LogP contribution in [0, 0.1) is 11.3 Å². The molecule has 0 atom stereocenters. The van der Waals surface area contributed by atoms with Gasteiger partial charge in [0.1, 0.15) is 5.82 Å². The second-order valence-electron chi connectivity index (χ2n) is 5.95. The van der Waals surface area contributed by atoms with E-state index in [0.717, 1.165) is 36.1 Å². The Morgan fingerprint density at radius 1 is 1.32 bits per heavy atom. The number of nitrogens with zero attached hydrogens (tertiary/aromatic N) is 3. The topological polar surface area (TPSA) is 57.4 Å². The highest BCUT2D eigenvalue weighted by Crippen LogP contribution is 2.18. The number of nitriles is 1. The Morgan fingerprint density at radius 2 is 2.18 bits per heavy atom. The lowest BCUT2D eigenvalue weighted by Crippen LogP contribution is -2.05. The second-order valence-corrected chi connectivity index (χ2v) is 5.95. The zero-order chi connectivity index (χ0) is 15.5. The molecule has 0 fully saturated rings. The van der Waals surface area contributed by atoms with Gasteiger partial charge in [0.2, 0.25) is 0 Å². The molecule has 0 aliphatic rings. The van der Waals surface area contributed by atoms with E-state index < -0.39 is 0 Å². The van der Waals surface area contributed by atoms with Crippen molar-refractivity contribution in [1.82, 2.24) is 14.5 Å². The number of aromatic amines is 1. The van der Waals surface area contributed by atoms with E-state index in [4.69, 9.17) is 5.26 Å². The molecule has 2 aromatic heterocycles. The molecule has 0 spiro atoms. The smallest absolute Gasteiger partial charge is 0.111 e. The molecule has 0 bridgehead atoms. The number of benzene rings is 1. The first-order chi connectivity index (χ1) is 10.7. The third-order valence-electron chi connectivity index (χ3n) is 3.91. The molecule has 1 N–H and O–H groups in total. The van der Waals surface area contributed by atoms with Crippen molar-refractivity contribution in [2.75, 3.05) is 0 Å². The van der Waals surface area contributed by atoms with Crippen molar-refractivity contribution in [3.05, 3.63) is 53.7 Å². The number of hydrogen-bond acceptors (Lipinski definition) is 2. The van der Waals surface area contributed by atoms with Gasteiger partial charge >= 0.3 is 0 Å². The summed E-state index contributed by atoms with van der Waals surface area (Å²) in [5.41, 5.74) is 3.02. The number of imidazole rings is 1. The Balaban J connectivity index is 1.67. The van der Waals surface area contributed by atoms with Gasteiger partial charge in [-0.3, -0.25) is 0 Å². The van der Waals surface area contributed by atoms with E-state index in [1.54, 1.807) is 0 Å². The Morgan fingerprint density at radius 3 is 2.95 bits per heavy atom. The van der Waals surface area contributed by atoms with Crippen molar-refractivity contribution < 1.29 is 0 Å². The van der Waals surface area contributed by atoms with Gasteiger partial charge in [-0.25, -0.2) is 4.98 Å². The first kappa shape index (κ1) is 14.4. The second kappa shape index (κ2) is 6.07. The Labute approximate surface area is 130 Å². The van der Waals surface area contributed by atoms with Crippen LogP contribution in [0.2, 0.25) is 0 Å². The number of rotatable bonds is 5. The summed E-state index contributed by atoms with van der Waals surface area (Å²) in [7, 11) is 0. The summed E-state index contributed by atoms with van der Waals surface area (Å²) in [5, 5.41) is 10.1. The molecule has 3 aromatic rings. The van der Waals surface area contributed by atoms with E-state index in [0.29, 0.717) is 11.5 Å². The molecular formula is C18H20N4. The lowest BCUT2D eigenvalue weighted by Gasteiger charge is -2.09. The van der Waals surface area contributed by atoms with Crippen LogP contribution in [0.25, 0.3) is 10.9 Å². The maximum atomic E-state index is 8.95. The summed E-state index contributed by atoms with van der Waals surface area (Å²) in [6, 6.07) is 10.1. The molecule has 0 radical (unpaired) electrons. The lowest BCUT2D eigenvalue weighted by atomic mass is 10.1. The molecule has 1 aromatic carbocycles. The summed E-state index contributed by atoms with van der Waals surface area (Å²) in [6.07, 6.45) is 5.99. The van der Waals surface area contributed by atoms with Crippen LogP contribution in [0.1, 0.15) is 43.3 Å². The molecule has 112 valence electrons. The number of aryl methyl sites for hydroxylation is 2. The average Bonchev–Trinajstić information content (AvgIpc) is 3.12. The predicted octanol–water partition coefficient (Wildman–Crippen LogP) is 3.99. The highest BCUT2D eigenvalue weighted by atomic mass is 15.1. The predicted molar refractivity (Wildman–Crippen MR) is 87.7 cm³/mol. The maximum absolute atomic E-state index is 8.95. The van der Waals surface area contributed by atoms with Gasteiger partial charge in [-0.05, 0) is 37.1 Å². The average molecular weight is 292 g/mol. The molecule has 0 aliphatic heterocycles. The molecule has 22 heavy (non-hydrogen) atoms. The fourth-order valence-corrected chi connectivity index (χ4v) is 2.85. The molecule has 0 amide bonds. The Kier molecular flexibility index (Phi) is 3.97. The quantitative estimate of drug-likeness (QED) is 0.773. The van der Waals surface area contributed by atoms with Gasteiger partial charge in [-0.2, -0.15) is 5.26 Å². The van der Waals surface area contributed by atoms with E-state index in [1.807, 2.05) is 24.4 Å². The minimum absolute atomic E-state index is 0.451. The van der Waals surface area contributed by atoms with Crippen LogP contribution in [-0.2, 0) is 13.0 Å². The van der Waals surface area contributed by atoms with E-state index in [1.165, 1.54) is 5.69 Å². The van der Waals surface area contributed by atoms with Crippen LogP contribution in [-0.4, -0.2) is 14.5 Å². The van der Waals surface area contributed by atoms with Crippen molar-refractivity contribution in [3.8, 4) is 6.07 Å². The molecule has 0 saturated carbocycles. The van der Waals surface area contributed by atoms with Gasteiger partial charge in [0.25, 0.3) is 0 Å². The zero-order valence-electron chi connectivity index (χ0n) is 13.0. The number of hydrogen-bond donors (Lipinski definition) is 1. The third kappa shape index (κ3) is 2.89. The van der Waals surface area contributed by atoms with Gasteiger partial charge in [-0.15, -0.1) is 0 Å². The summed E-state index contributed by atoms with van der Waals surface area (Å²) >= 11 is 0. The largest absolute Gasteiger partial charge is 0.358 e. The third-order valence-corrected chi connectivity index (χ3v) is 3.91. The molecule has 3 rings (SSSR count). The number of nitrogens with one attached hydrogen (secondary N) is 1. The van der Waals surface area contributed by atoms with E-state index >= 15 is 0 Å². The van der Waals surface area contributed by atoms with Crippen LogP contribution >= 0.6 is 0 Å². The van der Waals surface area contributed by atoms with Crippen LogP contribution in [0.4, 0.5) is 0 Å². The van der Waals surface area contributed by atoms with Crippen molar-refractivity contribution in [2.45, 2.75) is 39.2 Å². The zero-order valence-corrected chi connectivity index (χ0v) is 13.0. The van der Waals surface area contributed by atoms with Crippen LogP contribution in [0.15, 0.2) is 36.7 Å². The standard InChI is InChI=1S/C18H20N4/c1-13(2)18-20-7-9-22(18)8-3-4-16-11-15-10-14(12-19)5-6-17(15)21-16/h5-7,9-11,13,21H,3-4,8H2,1-2H3. The monoisotopic (exact) mass is 292 g/mol. The Hall–Kier alpha value is -2.54. The fraction of sp³-hybridized carbons (Fsp3) is 0.333. The molecule has 0 aliphatic carbocycles. The Bertz CT molecular complexity index is 817. The van der Waals surface area contributed by atoms with Crippen LogP contribution < -0.4 is 0 Å². The SMILES string of the molecule is CC(C)c1nccn1CCCc1cc2cc(C#N)ccc2[nH]1. The van der Waals surface area contributed by atoms with Crippen molar-refractivity contribution in [2.24, 2.45) is 0 Å². The molecule has 4 heteroatoms. The van der Waals surface area contributed by atoms with E-state index in [9.17, 15) is 0 Å². The fourth-order valence-electron chi connectivity index (χ4n) is 2.85. The van der Waals surface area contributed by atoms with Gasteiger partial charge in [0, 0.05) is 41.5 Å². The summed E-state index contributed by atoms with van der Waals surface area (Å²) in [4.78, 5) is 7.85. The van der Waals surface area contributed by atoms with Crippen molar-refractivity contribution >= 4 is 10.9 Å². The van der Waals surface area contributed by atoms with Gasteiger partial charge in [-0.1, -0.05) is 13.8 Å². The molecular weight excluding hydrogens is 272 g/mol. The molecule has 4 nitrogen and oxygen atoms in total. The molecule has 0 unspecified atom stereocenters. The van der Waals surface area contributed by atoms with E-state index in [-0.39, 0.29) is 0 Å². The molecule has 2 heterocycles. The highest BCUT2D eigenvalue weighted by molar-refractivity contribution is 5.81. The van der Waals surface area contributed by atoms with Gasteiger partial charge in [0.05, 0.1) is 11.6 Å². The normalized spacial score (nSPS) is 11.2. The van der Waals surface area contributed by atoms with E-state index in [2.05, 4.69) is 46.7 Å². The van der Waals surface area contributed by atoms with Gasteiger partial charge < -0.3 is 9.55 Å². The first-order valence-corrected chi connectivity index (χ1v) is 7.70. The highest BCUT2D eigenvalue weighted by Gasteiger charge is 2.07.